The van der Waals surface area contributed by atoms with Gasteiger partial charge in [0.25, 0.3) is 5.91 Å². The van der Waals surface area contributed by atoms with Gasteiger partial charge in [0.05, 0.1) is 12.2 Å². The van der Waals surface area contributed by atoms with Gasteiger partial charge in [0.1, 0.15) is 0 Å². The summed E-state index contributed by atoms with van der Waals surface area (Å²) < 4.78 is 0. The SMILES string of the molecule is O=C(NCc1ccccn1)c1ccc(Nc2ccc(N3CCCC3)cc2)nn1. The van der Waals surface area contributed by atoms with E-state index in [2.05, 4.69) is 42.8 Å². The van der Waals surface area contributed by atoms with Crippen LogP contribution in [0.1, 0.15) is 29.0 Å². The van der Waals surface area contributed by atoms with E-state index < -0.39 is 0 Å². The molecule has 0 bridgehead atoms. The summed E-state index contributed by atoms with van der Waals surface area (Å²) in [5.74, 6) is 0.315. The third-order valence-electron chi connectivity index (χ3n) is 4.66. The largest absolute Gasteiger partial charge is 0.372 e. The van der Waals surface area contributed by atoms with Crippen LogP contribution in [0.4, 0.5) is 17.2 Å². The molecule has 0 spiro atoms. The number of benzene rings is 1. The second-order valence-corrected chi connectivity index (χ2v) is 6.67. The van der Waals surface area contributed by atoms with Gasteiger partial charge in [0, 0.05) is 30.7 Å². The molecule has 142 valence electrons. The van der Waals surface area contributed by atoms with Crippen molar-refractivity contribution in [2.24, 2.45) is 0 Å². The summed E-state index contributed by atoms with van der Waals surface area (Å²) in [7, 11) is 0. The summed E-state index contributed by atoms with van der Waals surface area (Å²) in [6.07, 6.45) is 4.22. The zero-order valence-corrected chi connectivity index (χ0v) is 15.5. The molecule has 28 heavy (non-hydrogen) atoms. The normalized spacial score (nSPS) is 13.4. The van der Waals surface area contributed by atoms with Crippen molar-refractivity contribution in [3.05, 3.63) is 72.2 Å². The van der Waals surface area contributed by atoms with Gasteiger partial charge in [-0.3, -0.25) is 9.78 Å². The molecule has 1 aliphatic heterocycles. The highest BCUT2D eigenvalue weighted by molar-refractivity contribution is 5.92. The molecule has 0 aliphatic carbocycles. The molecule has 1 fully saturated rings. The summed E-state index contributed by atoms with van der Waals surface area (Å²) in [5, 5.41) is 14.1. The van der Waals surface area contributed by atoms with E-state index in [9.17, 15) is 4.79 Å². The van der Waals surface area contributed by atoms with Crippen molar-refractivity contribution in [3.63, 3.8) is 0 Å². The number of carbonyl (C=O) groups excluding carboxylic acids is 1. The number of amides is 1. The zero-order chi connectivity index (χ0) is 19.2. The molecule has 2 aromatic heterocycles. The number of hydrogen-bond donors (Lipinski definition) is 2. The van der Waals surface area contributed by atoms with E-state index in [0.717, 1.165) is 24.5 Å². The number of aromatic nitrogens is 3. The van der Waals surface area contributed by atoms with Crippen molar-refractivity contribution in [1.29, 1.82) is 0 Å². The van der Waals surface area contributed by atoms with Crippen LogP contribution in [-0.4, -0.2) is 34.2 Å². The summed E-state index contributed by atoms with van der Waals surface area (Å²) in [5.41, 5.74) is 3.24. The first-order valence-corrected chi connectivity index (χ1v) is 9.42. The minimum atomic E-state index is -0.278. The standard InChI is InChI=1S/C21H22N6O/c28-21(23-15-17-5-1-2-12-22-17)19-10-11-20(26-25-19)24-16-6-8-18(9-7-16)27-13-3-4-14-27/h1-2,5-12H,3-4,13-15H2,(H,23,28)(H,24,26). The molecular formula is C21H22N6O. The maximum absolute atomic E-state index is 12.2. The van der Waals surface area contributed by atoms with Gasteiger partial charge in [-0.25, -0.2) is 0 Å². The number of carbonyl (C=O) groups is 1. The van der Waals surface area contributed by atoms with E-state index in [1.54, 1.807) is 18.3 Å². The lowest BCUT2D eigenvalue weighted by atomic mass is 10.2. The molecule has 0 saturated carbocycles. The number of hydrogen-bond acceptors (Lipinski definition) is 6. The Morgan fingerprint density at radius 2 is 1.79 bits per heavy atom. The molecule has 3 heterocycles. The van der Waals surface area contributed by atoms with Crippen LogP contribution in [0.3, 0.4) is 0 Å². The molecular weight excluding hydrogens is 352 g/mol. The van der Waals surface area contributed by atoms with Gasteiger partial charge in [0.15, 0.2) is 11.5 Å². The Hall–Kier alpha value is -3.48. The van der Waals surface area contributed by atoms with Gasteiger partial charge in [-0.15, -0.1) is 10.2 Å². The summed E-state index contributed by atoms with van der Waals surface area (Å²) in [6, 6.07) is 17.3. The maximum Gasteiger partial charge on any atom is 0.272 e. The van der Waals surface area contributed by atoms with Gasteiger partial charge in [-0.2, -0.15) is 0 Å². The fourth-order valence-electron chi connectivity index (χ4n) is 3.16. The van der Waals surface area contributed by atoms with Crippen molar-refractivity contribution in [2.45, 2.75) is 19.4 Å². The quantitative estimate of drug-likeness (QED) is 0.690. The van der Waals surface area contributed by atoms with Gasteiger partial charge in [-0.1, -0.05) is 6.07 Å². The molecule has 1 aliphatic rings. The molecule has 0 unspecified atom stereocenters. The number of nitrogens with zero attached hydrogens (tertiary/aromatic N) is 4. The van der Waals surface area contributed by atoms with E-state index in [-0.39, 0.29) is 11.6 Å². The van der Waals surface area contributed by atoms with Gasteiger partial charge in [0.2, 0.25) is 0 Å². The molecule has 7 nitrogen and oxygen atoms in total. The topological polar surface area (TPSA) is 83.0 Å². The summed E-state index contributed by atoms with van der Waals surface area (Å²) in [4.78, 5) is 18.7. The number of nitrogens with one attached hydrogen (secondary N) is 2. The molecule has 1 amide bonds. The molecule has 0 atom stereocenters. The molecule has 0 radical (unpaired) electrons. The average Bonchev–Trinajstić information content (AvgIpc) is 3.29. The smallest absolute Gasteiger partial charge is 0.272 e. The predicted molar refractivity (Wildman–Crippen MR) is 109 cm³/mol. The minimum Gasteiger partial charge on any atom is -0.372 e. The Bertz CT molecular complexity index is 906. The van der Waals surface area contributed by atoms with Crippen LogP contribution < -0.4 is 15.5 Å². The van der Waals surface area contributed by atoms with E-state index in [0.29, 0.717) is 12.4 Å². The average molecular weight is 374 g/mol. The maximum atomic E-state index is 12.2. The highest BCUT2D eigenvalue weighted by Crippen LogP contribution is 2.23. The minimum absolute atomic E-state index is 0.269. The lowest BCUT2D eigenvalue weighted by molar-refractivity contribution is 0.0944. The lowest BCUT2D eigenvalue weighted by Gasteiger charge is -2.17. The Balaban J connectivity index is 1.33. The Kier molecular flexibility index (Phi) is 5.42. The van der Waals surface area contributed by atoms with Gasteiger partial charge >= 0.3 is 0 Å². The third kappa shape index (κ3) is 4.43. The summed E-state index contributed by atoms with van der Waals surface area (Å²) in [6.45, 7) is 2.61. The van der Waals surface area contributed by atoms with Gasteiger partial charge in [-0.05, 0) is 61.4 Å². The lowest BCUT2D eigenvalue weighted by Crippen LogP contribution is -2.24. The van der Waals surface area contributed by atoms with E-state index in [4.69, 9.17) is 0 Å². The molecule has 2 N–H and O–H groups in total. The molecule has 1 saturated heterocycles. The van der Waals surface area contributed by atoms with Crippen molar-refractivity contribution >= 4 is 23.1 Å². The van der Waals surface area contributed by atoms with Crippen molar-refractivity contribution in [3.8, 4) is 0 Å². The Morgan fingerprint density at radius 3 is 2.46 bits per heavy atom. The highest BCUT2D eigenvalue weighted by Gasteiger charge is 2.12. The van der Waals surface area contributed by atoms with Crippen molar-refractivity contribution in [2.75, 3.05) is 23.3 Å². The molecule has 1 aromatic carbocycles. The number of anilines is 3. The fourth-order valence-corrected chi connectivity index (χ4v) is 3.16. The van der Waals surface area contributed by atoms with Crippen LogP contribution in [0, 0.1) is 0 Å². The predicted octanol–water partition coefficient (Wildman–Crippen LogP) is 3.15. The first kappa shape index (κ1) is 17.9. The monoisotopic (exact) mass is 374 g/mol. The Labute approximate surface area is 163 Å². The second-order valence-electron chi connectivity index (χ2n) is 6.67. The fraction of sp³-hybridized carbons (Fsp3) is 0.238. The first-order valence-electron chi connectivity index (χ1n) is 9.42. The second kappa shape index (κ2) is 8.47. The van der Waals surface area contributed by atoms with Crippen LogP contribution in [0.5, 0.6) is 0 Å². The zero-order valence-electron chi connectivity index (χ0n) is 15.5. The Morgan fingerprint density at radius 1 is 0.964 bits per heavy atom. The van der Waals surface area contributed by atoms with Crippen molar-refractivity contribution < 1.29 is 4.79 Å². The van der Waals surface area contributed by atoms with Crippen molar-refractivity contribution in [1.82, 2.24) is 20.5 Å². The van der Waals surface area contributed by atoms with E-state index in [1.165, 1.54) is 18.5 Å². The van der Waals surface area contributed by atoms with E-state index >= 15 is 0 Å². The molecule has 4 rings (SSSR count). The number of rotatable bonds is 6. The number of pyridine rings is 1. The molecule has 3 aromatic rings. The van der Waals surface area contributed by atoms with Crippen LogP contribution in [-0.2, 0) is 6.54 Å². The van der Waals surface area contributed by atoms with E-state index in [1.807, 2.05) is 30.3 Å². The third-order valence-corrected chi connectivity index (χ3v) is 4.66. The van der Waals surface area contributed by atoms with Crippen LogP contribution >= 0.6 is 0 Å². The van der Waals surface area contributed by atoms with Crippen LogP contribution in [0.25, 0.3) is 0 Å². The van der Waals surface area contributed by atoms with Crippen LogP contribution in [0.15, 0.2) is 60.8 Å². The molecule has 7 heteroatoms. The van der Waals surface area contributed by atoms with Gasteiger partial charge < -0.3 is 15.5 Å². The summed E-state index contributed by atoms with van der Waals surface area (Å²) >= 11 is 0. The first-order chi connectivity index (χ1) is 13.8. The highest BCUT2D eigenvalue weighted by atomic mass is 16.1. The van der Waals surface area contributed by atoms with Crippen LogP contribution in [0.2, 0.25) is 0 Å².